The normalized spacial score (nSPS) is 10.6. The quantitative estimate of drug-likeness (QED) is 0.631. The van der Waals surface area contributed by atoms with Crippen molar-refractivity contribution in [2.24, 2.45) is 5.73 Å². The number of halogens is 1. The monoisotopic (exact) mass is 416 g/mol. The van der Waals surface area contributed by atoms with Gasteiger partial charge in [-0.15, -0.1) is 0 Å². The molecule has 0 aliphatic heterocycles. The molecule has 2 amide bonds. The zero-order chi connectivity index (χ0) is 21.1. The SMILES string of the molecule is COc1cc(OC)c(NC(=O)Cn2nc(C(N)=O)c3ccccc3c2=O)cc1Cl. The molecule has 1 aromatic heterocycles. The molecule has 0 fully saturated rings. The first-order valence-electron chi connectivity index (χ1n) is 8.36. The van der Waals surface area contributed by atoms with Gasteiger partial charge in [-0.1, -0.05) is 29.8 Å². The number of methoxy groups -OCH3 is 2. The lowest BCUT2D eigenvalue weighted by molar-refractivity contribution is -0.117. The summed E-state index contributed by atoms with van der Waals surface area (Å²) in [5.74, 6) is -0.694. The van der Waals surface area contributed by atoms with E-state index in [2.05, 4.69) is 10.4 Å². The molecule has 0 unspecified atom stereocenters. The van der Waals surface area contributed by atoms with Crippen molar-refractivity contribution in [3.63, 3.8) is 0 Å². The topological polar surface area (TPSA) is 126 Å². The second-order valence-corrected chi connectivity index (χ2v) is 6.36. The molecule has 150 valence electrons. The highest BCUT2D eigenvalue weighted by Gasteiger charge is 2.17. The van der Waals surface area contributed by atoms with E-state index in [4.69, 9.17) is 26.8 Å². The molecule has 2 aromatic carbocycles. The Morgan fingerprint density at radius 1 is 1.14 bits per heavy atom. The Balaban J connectivity index is 1.95. The van der Waals surface area contributed by atoms with E-state index in [-0.39, 0.29) is 21.8 Å². The minimum absolute atomic E-state index is 0.0990. The van der Waals surface area contributed by atoms with E-state index in [0.29, 0.717) is 16.9 Å². The molecule has 1 heterocycles. The molecule has 0 radical (unpaired) electrons. The lowest BCUT2D eigenvalue weighted by Gasteiger charge is -2.14. The van der Waals surface area contributed by atoms with Gasteiger partial charge in [0.1, 0.15) is 18.0 Å². The van der Waals surface area contributed by atoms with Crippen molar-refractivity contribution in [1.29, 1.82) is 0 Å². The molecular formula is C19H17ClN4O5. The average Bonchev–Trinajstić information content (AvgIpc) is 2.70. The molecule has 3 rings (SSSR count). The summed E-state index contributed by atoms with van der Waals surface area (Å²) < 4.78 is 11.2. The van der Waals surface area contributed by atoms with Crippen LogP contribution in [0.5, 0.6) is 11.5 Å². The number of aromatic nitrogens is 2. The zero-order valence-electron chi connectivity index (χ0n) is 15.6. The summed E-state index contributed by atoms with van der Waals surface area (Å²) in [7, 11) is 2.87. The van der Waals surface area contributed by atoms with Gasteiger partial charge in [0.05, 0.1) is 30.3 Å². The second-order valence-electron chi connectivity index (χ2n) is 5.96. The Morgan fingerprint density at radius 3 is 2.41 bits per heavy atom. The fraction of sp³-hybridized carbons (Fsp3) is 0.158. The minimum atomic E-state index is -0.807. The fourth-order valence-electron chi connectivity index (χ4n) is 2.81. The lowest BCUT2D eigenvalue weighted by Crippen LogP contribution is -2.32. The summed E-state index contributed by atoms with van der Waals surface area (Å²) in [5.41, 5.74) is 5.03. The van der Waals surface area contributed by atoms with Gasteiger partial charge in [0, 0.05) is 11.5 Å². The van der Waals surface area contributed by atoms with Gasteiger partial charge < -0.3 is 20.5 Å². The molecule has 0 saturated carbocycles. The van der Waals surface area contributed by atoms with Gasteiger partial charge in [-0.3, -0.25) is 14.4 Å². The zero-order valence-corrected chi connectivity index (χ0v) is 16.3. The van der Waals surface area contributed by atoms with Crippen LogP contribution in [0.3, 0.4) is 0 Å². The van der Waals surface area contributed by atoms with E-state index < -0.39 is 23.9 Å². The number of anilines is 1. The van der Waals surface area contributed by atoms with Crippen LogP contribution in [-0.4, -0.2) is 35.8 Å². The number of ether oxygens (including phenoxy) is 2. The van der Waals surface area contributed by atoms with Gasteiger partial charge in [0.25, 0.3) is 11.5 Å². The first-order valence-corrected chi connectivity index (χ1v) is 8.74. The number of nitrogens with one attached hydrogen (secondary N) is 1. The van der Waals surface area contributed by atoms with Crippen LogP contribution in [0, 0.1) is 0 Å². The first-order chi connectivity index (χ1) is 13.8. The largest absolute Gasteiger partial charge is 0.495 e. The van der Waals surface area contributed by atoms with Gasteiger partial charge in [0.15, 0.2) is 5.69 Å². The van der Waals surface area contributed by atoms with Crippen molar-refractivity contribution in [3.05, 3.63) is 57.5 Å². The molecule has 29 heavy (non-hydrogen) atoms. The Labute approximate surface area is 170 Å². The number of fused-ring (bicyclic) bond motifs is 1. The van der Waals surface area contributed by atoms with Gasteiger partial charge in [-0.25, -0.2) is 4.68 Å². The number of primary amides is 1. The third kappa shape index (κ3) is 3.99. The number of hydrogen-bond donors (Lipinski definition) is 2. The highest BCUT2D eigenvalue weighted by molar-refractivity contribution is 6.32. The van der Waals surface area contributed by atoms with Crippen molar-refractivity contribution in [3.8, 4) is 11.5 Å². The summed E-state index contributed by atoms with van der Waals surface area (Å²) in [4.78, 5) is 36.9. The minimum Gasteiger partial charge on any atom is -0.495 e. The molecule has 0 aliphatic carbocycles. The summed E-state index contributed by atoms with van der Waals surface area (Å²) in [6.07, 6.45) is 0. The standard InChI is InChI=1S/C19H17ClN4O5/c1-28-14-8-15(29-2)13(7-12(14)20)22-16(25)9-24-19(27)11-6-4-3-5-10(11)17(23-24)18(21)26/h3-8H,9H2,1-2H3,(H2,21,26)(H,22,25). The maximum Gasteiger partial charge on any atom is 0.275 e. The molecule has 0 bridgehead atoms. The van der Waals surface area contributed by atoms with Crippen LogP contribution in [0.4, 0.5) is 5.69 Å². The number of nitrogens with two attached hydrogens (primary N) is 1. The molecular weight excluding hydrogens is 400 g/mol. The lowest BCUT2D eigenvalue weighted by atomic mass is 10.1. The van der Waals surface area contributed by atoms with Crippen LogP contribution in [0.15, 0.2) is 41.2 Å². The van der Waals surface area contributed by atoms with Crippen LogP contribution in [0.1, 0.15) is 10.5 Å². The number of rotatable bonds is 6. The number of carbonyl (C=O) groups is 2. The van der Waals surface area contributed by atoms with Crippen molar-refractivity contribution >= 4 is 39.9 Å². The van der Waals surface area contributed by atoms with Crippen LogP contribution >= 0.6 is 11.6 Å². The average molecular weight is 417 g/mol. The third-order valence-corrected chi connectivity index (χ3v) is 4.44. The highest BCUT2D eigenvalue weighted by Crippen LogP contribution is 2.35. The molecule has 3 N–H and O–H groups in total. The Hall–Kier alpha value is -3.59. The van der Waals surface area contributed by atoms with E-state index in [9.17, 15) is 14.4 Å². The van der Waals surface area contributed by atoms with Crippen molar-refractivity contribution in [2.45, 2.75) is 6.54 Å². The summed E-state index contributed by atoms with van der Waals surface area (Å²) in [5, 5.41) is 7.39. The van der Waals surface area contributed by atoms with E-state index in [1.54, 1.807) is 18.2 Å². The predicted octanol–water partition coefficient (Wildman–Crippen LogP) is 1.80. The maximum atomic E-state index is 12.7. The second kappa shape index (κ2) is 8.19. The molecule has 9 nitrogen and oxygen atoms in total. The van der Waals surface area contributed by atoms with Gasteiger partial charge in [0.2, 0.25) is 5.91 Å². The number of amides is 2. The van der Waals surface area contributed by atoms with E-state index in [1.807, 2.05) is 0 Å². The molecule has 3 aromatic rings. The number of carbonyl (C=O) groups excluding carboxylic acids is 2. The Bertz CT molecular complexity index is 1180. The van der Waals surface area contributed by atoms with Crippen molar-refractivity contribution in [1.82, 2.24) is 9.78 Å². The van der Waals surface area contributed by atoms with Crippen molar-refractivity contribution in [2.75, 3.05) is 19.5 Å². The van der Waals surface area contributed by atoms with Gasteiger partial charge in [-0.05, 0) is 12.1 Å². The molecule has 0 aliphatic rings. The Morgan fingerprint density at radius 2 is 1.79 bits per heavy atom. The number of hydrogen-bond acceptors (Lipinski definition) is 6. The third-order valence-electron chi connectivity index (χ3n) is 4.14. The van der Waals surface area contributed by atoms with E-state index in [0.717, 1.165) is 4.68 Å². The summed E-state index contributed by atoms with van der Waals surface area (Å²) >= 11 is 6.10. The molecule has 0 atom stereocenters. The van der Waals surface area contributed by atoms with E-state index >= 15 is 0 Å². The number of benzene rings is 2. The van der Waals surface area contributed by atoms with Crippen LogP contribution in [0.25, 0.3) is 10.8 Å². The molecule has 10 heteroatoms. The molecule has 0 spiro atoms. The van der Waals surface area contributed by atoms with Crippen LogP contribution in [-0.2, 0) is 11.3 Å². The predicted molar refractivity (Wildman–Crippen MR) is 108 cm³/mol. The highest BCUT2D eigenvalue weighted by atomic mass is 35.5. The van der Waals surface area contributed by atoms with E-state index in [1.165, 1.54) is 32.4 Å². The smallest absolute Gasteiger partial charge is 0.275 e. The van der Waals surface area contributed by atoms with Gasteiger partial charge >= 0.3 is 0 Å². The maximum absolute atomic E-state index is 12.7. The summed E-state index contributed by atoms with van der Waals surface area (Å²) in [6.45, 7) is -0.448. The van der Waals surface area contributed by atoms with Gasteiger partial charge in [-0.2, -0.15) is 5.10 Å². The van der Waals surface area contributed by atoms with Crippen LogP contribution in [0.2, 0.25) is 5.02 Å². The Kier molecular flexibility index (Phi) is 5.69. The number of nitrogens with zero attached hydrogens (tertiary/aromatic N) is 2. The molecule has 0 saturated heterocycles. The first kappa shape index (κ1) is 20.2. The van der Waals surface area contributed by atoms with Crippen molar-refractivity contribution < 1.29 is 19.1 Å². The fourth-order valence-corrected chi connectivity index (χ4v) is 3.05. The van der Waals surface area contributed by atoms with Crippen LogP contribution < -0.4 is 26.1 Å². The summed E-state index contributed by atoms with van der Waals surface area (Å²) in [6, 6.07) is 9.38.